The lowest BCUT2D eigenvalue weighted by Crippen LogP contribution is -2.62. The van der Waals surface area contributed by atoms with Crippen molar-refractivity contribution in [3.63, 3.8) is 0 Å². The van der Waals surface area contributed by atoms with Crippen LogP contribution in [-0.2, 0) is 14.3 Å². The molecule has 0 amide bonds. The first-order valence-corrected chi connectivity index (χ1v) is 10.0. The number of ether oxygens (including phenoxy) is 1. The SMILES string of the molecule is C=C[C@]1(C)C[C@@H](O)C2(C)[C@H](C)CC[C@]3(CCC(=O)[C@@H]23)[C@@H](C)[C@@H]1OC(C)=O. The Kier molecular flexibility index (Phi) is 4.66. The summed E-state index contributed by atoms with van der Waals surface area (Å²) in [7, 11) is 0. The van der Waals surface area contributed by atoms with E-state index < -0.39 is 16.9 Å². The maximum atomic E-state index is 13.0. The molecule has 0 aromatic rings. The number of hydrogen-bond acceptors (Lipinski definition) is 4. The molecule has 0 aromatic carbocycles. The smallest absolute Gasteiger partial charge is 0.302 e. The summed E-state index contributed by atoms with van der Waals surface area (Å²) in [6.45, 7) is 13.9. The summed E-state index contributed by atoms with van der Waals surface area (Å²) in [5.41, 5.74) is -1.16. The Balaban J connectivity index is 2.21. The third kappa shape index (κ3) is 2.44. The van der Waals surface area contributed by atoms with Gasteiger partial charge in [-0.05, 0) is 37.0 Å². The van der Waals surface area contributed by atoms with Gasteiger partial charge in [0.2, 0.25) is 0 Å². The molecule has 3 aliphatic rings. The molecule has 3 aliphatic carbocycles. The van der Waals surface area contributed by atoms with Crippen LogP contribution < -0.4 is 0 Å². The van der Waals surface area contributed by atoms with E-state index in [2.05, 4.69) is 27.4 Å². The van der Waals surface area contributed by atoms with Gasteiger partial charge in [0.05, 0.1) is 6.10 Å². The number of aliphatic hydroxyl groups is 1. The highest BCUT2D eigenvalue weighted by Crippen LogP contribution is 2.67. The van der Waals surface area contributed by atoms with Crippen molar-refractivity contribution in [1.29, 1.82) is 0 Å². The Bertz CT molecular complexity index is 628. The molecule has 3 saturated carbocycles. The van der Waals surface area contributed by atoms with Gasteiger partial charge in [0.1, 0.15) is 11.9 Å². The molecule has 2 bridgehead atoms. The monoisotopic (exact) mass is 362 g/mol. The fraction of sp³-hybridized carbons (Fsp3) is 0.818. The molecule has 26 heavy (non-hydrogen) atoms. The second-order valence-corrected chi connectivity index (χ2v) is 9.69. The van der Waals surface area contributed by atoms with E-state index in [1.165, 1.54) is 6.92 Å². The second kappa shape index (κ2) is 6.19. The predicted octanol–water partition coefficient (Wildman–Crippen LogP) is 3.91. The lowest BCUT2D eigenvalue weighted by Gasteiger charge is -2.61. The Morgan fingerprint density at radius 1 is 1.31 bits per heavy atom. The fourth-order valence-electron chi connectivity index (χ4n) is 6.76. The number of esters is 1. The second-order valence-electron chi connectivity index (χ2n) is 9.69. The first-order chi connectivity index (χ1) is 12.0. The largest absolute Gasteiger partial charge is 0.461 e. The predicted molar refractivity (Wildman–Crippen MR) is 100 cm³/mol. The average Bonchev–Trinajstić information content (AvgIpc) is 2.93. The lowest BCUT2D eigenvalue weighted by atomic mass is 9.44. The molecule has 0 spiro atoms. The number of carbonyl (C=O) groups is 2. The number of rotatable bonds is 2. The summed E-state index contributed by atoms with van der Waals surface area (Å²) in [5, 5.41) is 11.4. The van der Waals surface area contributed by atoms with E-state index in [4.69, 9.17) is 4.74 Å². The number of carbonyl (C=O) groups excluding carboxylic acids is 2. The van der Waals surface area contributed by atoms with Gasteiger partial charge in [-0.3, -0.25) is 9.59 Å². The van der Waals surface area contributed by atoms with Crippen molar-refractivity contribution >= 4 is 11.8 Å². The summed E-state index contributed by atoms with van der Waals surface area (Å²) >= 11 is 0. The minimum Gasteiger partial charge on any atom is -0.461 e. The highest BCUT2D eigenvalue weighted by molar-refractivity contribution is 5.85. The maximum Gasteiger partial charge on any atom is 0.302 e. The average molecular weight is 363 g/mol. The highest BCUT2D eigenvalue weighted by Gasteiger charge is 2.67. The molecule has 1 unspecified atom stereocenters. The molecule has 0 aliphatic heterocycles. The van der Waals surface area contributed by atoms with E-state index >= 15 is 0 Å². The summed E-state index contributed by atoms with van der Waals surface area (Å²) in [5.74, 6) is 0.147. The topological polar surface area (TPSA) is 63.6 Å². The van der Waals surface area contributed by atoms with E-state index in [0.717, 1.165) is 19.3 Å². The number of aliphatic hydroxyl groups excluding tert-OH is 1. The molecule has 0 aromatic heterocycles. The van der Waals surface area contributed by atoms with Crippen molar-refractivity contribution in [3.8, 4) is 0 Å². The van der Waals surface area contributed by atoms with Crippen LogP contribution in [0.4, 0.5) is 0 Å². The van der Waals surface area contributed by atoms with Gasteiger partial charge in [0.15, 0.2) is 0 Å². The highest BCUT2D eigenvalue weighted by atomic mass is 16.5. The van der Waals surface area contributed by atoms with Crippen LogP contribution in [0.5, 0.6) is 0 Å². The minimum absolute atomic E-state index is 0.0465. The molecule has 1 N–H and O–H groups in total. The molecule has 3 fully saturated rings. The van der Waals surface area contributed by atoms with Gasteiger partial charge in [-0.2, -0.15) is 0 Å². The zero-order valence-corrected chi connectivity index (χ0v) is 16.9. The van der Waals surface area contributed by atoms with Crippen LogP contribution in [0.1, 0.15) is 66.7 Å². The lowest BCUT2D eigenvalue weighted by molar-refractivity contribution is -0.202. The van der Waals surface area contributed by atoms with E-state index in [9.17, 15) is 14.7 Å². The van der Waals surface area contributed by atoms with Crippen LogP contribution >= 0.6 is 0 Å². The van der Waals surface area contributed by atoms with E-state index in [1.807, 2.05) is 13.0 Å². The van der Waals surface area contributed by atoms with Crippen LogP contribution in [0, 0.1) is 34.0 Å². The molecule has 4 heteroatoms. The van der Waals surface area contributed by atoms with Crippen LogP contribution in [0.25, 0.3) is 0 Å². The molecule has 4 nitrogen and oxygen atoms in total. The fourth-order valence-corrected chi connectivity index (χ4v) is 6.76. The minimum atomic E-state index is -0.627. The van der Waals surface area contributed by atoms with E-state index in [0.29, 0.717) is 12.8 Å². The van der Waals surface area contributed by atoms with E-state index in [1.54, 1.807) is 0 Å². The zero-order valence-electron chi connectivity index (χ0n) is 16.9. The van der Waals surface area contributed by atoms with Crippen LogP contribution in [0.2, 0.25) is 0 Å². The Morgan fingerprint density at radius 2 is 1.96 bits per heavy atom. The number of hydrogen-bond donors (Lipinski definition) is 1. The summed E-state index contributed by atoms with van der Waals surface area (Å²) < 4.78 is 5.85. The van der Waals surface area contributed by atoms with Gasteiger partial charge in [0.25, 0.3) is 0 Å². The first kappa shape index (κ1) is 19.6. The standard InChI is InChI=1S/C22H34O4/c1-7-20(5)12-17(25)21(6)13(2)8-10-22(11-9-16(24)18(21)22)14(3)19(20)26-15(4)23/h7,13-14,17-19,25H,1,8-12H2,2-6H3/t13-,14+,17-,18+,19+,20-,21?,22+/m1/s1. The first-order valence-electron chi connectivity index (χ1n) is 10.0. The number of Topliss-reactive ketones (excluding diaryl/α,β-unsaturated/α-hetero) is 1. The molecular weight excluding hydrogens is 328 g/mol. The van der Waals surface area contributed by atoms with Gasteiger partial charge >= 0.3 is 5.97 Å². The molecule has 0 radical (unpaired) electrons. The Hall–Kier alpha value is -1.16. The molecular formula is C22H34O4. The Labute approximate surface area is 157 Å². The molecule has 146 valence electrons. The summed E-state index contributed by atoms with van der Waals surface area (Å²) in [6.07, 6.45) is 4.66. The molecule has 3 rings (SSSR count). The van der Waals surface area contributed by atoms with Crippen molar-refractivity contribution < 1.29 is 19.4 Å². The van der Waals surface area contributed by atoms with Gasteiger partial charge in [0, 0.05) is 36.0 Å². The van der Waals surface area contributed by atoms with Crippen molar-refractivity contribution in [1.82, 2.24) is 0 Å². The van der Waals surface area contributed by atoms with Gasteiger partial charge < -0.3 is 9.84 Å². The van der Waals surface area contributed by atoms with Crippen molar-refractivity contribution in [3.05, 3.63) is 12.7 Å². The third-order valence-electron chi connectivity index (χ3n) is 8.58. The van der Waals surface area contributed by atoms with Crippen molar-refractivity contribution in [2.45, 2.75) is 78.9 Å². The van der Waals surface area contributed by atoms with Crippen LogP contribution in [-0.4, -0.2) is 29.1 Å². The molecule has 8 atom stereocenters. The van der Waals surface area contributed by atoms with Crippen LogP contribution in [0.15, 0.2) is 12.7 Å². The van der Waals surface area contributed by atoms with E-state index in [-0.39, 0.29) is 41.0 Å². The summed E-state index contributed by atoms with van der Waals surface area (Å²) in [4.78, 5) is 24.9. The zero-order chi connectivity index (χ0) is 19.5. The van der Waals surface area contributed by atoms with Gasteiger partial charge in [-0.15, -0.1) is 6.58 Å². The van der Waals surface area contributed by atoms with Gasteiger partial charge in [-0.25, -0.2) is 0 Å². The normalized spacial score (nSPS) is 51.2. The van der Waals surface area contributed by atoms with Crippen molar-refractivity contribution in [2.75, 3.05) is 0 Å². The maximum absolute atomic E-state index is 13.0. The van der Waals surface area contributed by atoms with Gasteiger partial charge in [-0.1, -0.05) is 33.8 Å². The quantitative estimate of drug-likeness (QED) is 0.597. The Morgan fingerprint density at radius 3 is 2.54 bits per heavy atom. The summed E-state index contributed by atoms with van der Waals surface area (Å²) in [6, 6.07) is 0. The molecule has 0 heterocycles. The number of ketones is 1. The van der Waals surface area contributed by atoms with Crippen LogP contribution in [0.3, 0.4) is 0 Å². The molecule has 0 saturated heterocycles. The third-order valence-corrected chi connectivity index (χ3v) is 8.58. The van der Waals surface area contributed by atoms with Crippen molar-refractivity contribution in [2.24, 2.45) is 34.0 Å².